The normalized spacial score (nSPS) is 18.6. The van der Waals surface area contributed by atoms with Crippen molar-refractivity contribution in [1.82, 2.24) is 15.2 Å². The van der Waals surface area contributed by atoms with E-state index in [1.807, 2.05) is 41.3 Å². The molecule has 2 aliphatic rings. The van der Waals surface area contributed by atoms with E-state index in [0.29, 0.717) is 25.4 Å². The van der Waals surface area contributed by atoms with Crippen molar-refractivity contribution in [1.29, 1.82) is 0 Å². The summed E-state index contributed by atoms with van der Waals surface area (Å²) >= 11 is 0. The number of aromatic nitrogens is 1. The molecule has 3 heterocycles. The van der Waals surface area contributed by atoms with Crippen LogP contribution in [-0.4, -0.2) is 35.4 Å². The Kier molecular flexibility index (Phi) is 4.90. The zero-order valence-corrected chi connectivity index (χ0v) is 16.4. The molecule has 29 heavy (non-hydrogen) atoms. The third-order valence-corrected chi connectivity index (χ3v) is 5.95. The lowest BCUT2D eigenvalue weighted by Crippen LogP contribution is -2.36. The minimum absolute atomic E-state index is 0.103. The van der Waals surface area contributed by atoms with E-state index in [9.17, 15) is 4.79 Å². The van der Waals surface area contributed by atoms with E-state index >= 15 is 0 Å². The van der Waals surface area contributed by atoms with Gasteiger partial charge in [-0.3, -0.25) is 4.79 Å². The molecular formula is C24H25N3O2. The Labute approximate surface area is 170 Å². The minimum atomic E-state index is 0.103. The molecule has 0 radical (unpaired) electrons. The second kappa shape index (κ2) is 7.84. The number of rotatable bonds is 4. The lowest BCUT2D eigenvalue weighted by molar-refractivity contribution is 0.0726. The van der Waals surface area contributed by atoms with Crippen LogP contribution in [-0.2, 0) is 19.4 Å². The molecule has 1 amide bonds. The van der Waals surface area contributed by atoms with Gasteiger partial charge in [0.2, 0.25) is 0 Å². The van der Waals surface area contributed by atoms with Gasteiger partial charge in [-0.25, -0.2) is 4.98 Å². The van der Waals surface area contributed by atoms with E-state index in [1.165, 1.54) is 11.1 Å². The number of nitrogens with one attached hydrogen (secondary N) is 1. The third-order valence-electron chi connectivity index (χ3n) is 5.95. The molecule has 148 valence electrons. The third kappa shape index (κ3) is 3.70. The second-order valence-electron chi connectivity index (χ2n) is 7.89. The summed E-state index contributed by atoms with van der Waals surface area (Å²) in [5.74, 6) is 2.17. The molecule has 1 N–H and O–H groups in total. The molecule has 1 atom stereocenters. The van der Waals surface area contributed by atoms with Crippen LogP contribution in [0.2, 0.25) is 0 Å². The Morgan fingerprint density at radius 3 is 2.79 bits per heavy atom. The maximum absolute atomic E-state index is 13.3. The summed E-state index contributed by atoms with van der Waals surface area (Å²) in [4.78, 5) is 19.9. The Balaban J connectivity index is 1.34. The molecule has 1 fully saturated rings. The standard InChI is InChI=1S/C24H25N3O2/c28-24(20-9-5-4-8-19(20)18-10-12-25-15-18)27-13-11-22-21(16-27)26-23(29-22)14-17-6-2-1-3-7-17/h1-9,18,25H,10-16H2. The van der Waals surface area contributed by atoms with E-state index < -0.39 is 0 Å². The van der Waals surface area contributed by atoms with Crippen LogP contribution in [0.15, 0.2) is 59.0 Å². The predicted octanol–water partition coefficient (Wildman–Crippen LogP) is 3.54. The number of fused-ring (bicyclic) bond motifs is 1. The van der Waals surface area contributed by atoms with Gasteiger partial charge in [0.1, 0.15) is 11.5 Å². The van der Waals surface area contributed by atoms with Gasteiger partial charge in [0.25, 0.3) is 5.91 Å². The molecule has 5 nitrogen and oxygen atoms in total. The topological polar surface area (TPSA) is 58.4 Å². The van der Waals surface area contributed by atoms with Gasteiger partial charge in [0, 0.05) is 31.5 Å². The number of hydrogen-bond donors (Lipinski definition) is 1. The molecule has 1 saturated heterocycles. The van der Waals surface area contributed by atoms with Crippen LogP contribution in [0.5, 0.6) is 0 Å². The number of amides is 1. The fourth-order valence-corrected chi connectivity index (χ4v) is 4.41. The number of benzene rings is 2. The van der Waals surface area contributed by atoms with E-state index in [0.717, 1.165) is 48.8 Å². The number of oxazole rings is 1. The van der Waals surface area contributed by atoms with Crippen LogP contribution in [0.1, 0.15) is 51.2 Å². The highest BCUT2D eigenvalue weighted by Crippen LogP contribution is 2.28. The molecule has 5 rings (SSSR count). The van der Waals surface area contributed by atoms with Crippen molar-refractivity contribution in [2.24, 2.45) is 0 Å². The van der Waals surface area contributed by atoms with Gasteiger partial charge < -0.3 is 14.6 Å². The highest BCUT2D eigenvalue weighted by molar-refractivity contribution is 5.96. The van der Waals surface area contributed by atoms with Gasteiger partial charge in [0.05, 0.1) is 6.54 Å². The molecule has 0 saturated carbocycles. The predicted molar refractivity (Wildman–Crippen MR) is 111 cm³/mol. The Morgan fingerprint density at radius 1 is 1.14 bits per heavy atom. The molecule has 1 aromatic heterocycles. The van der Waals surface area contributed by atoms with Gasteiger partial charge >= 0.3 is 0 Å². The van der Waals surface area contributed by atoms with Gasteiger partial charge in [-0.1, -0.05) is 48.5 Å². The number of carbonyl (C=O) groups excluding carboxylic acids is 1. The smallest absolute Gasteiger partial charge is 0.254 e. The van der Waals surface area contributed by atoms with Crippen molar-refractivity contribution in [3.8, 4) is 0 Å². The second-order valence-corrected chi connectivity index (χ2v) is 7.89. The van der Waals surface area contributed by atoms with E-state index in [1.54, 1.807) is 0 Å². The molecule has 3 aromatic rings. The van der Waals surface area contributed by atoms with Crippen molar-refractivity contribution in [3.63, 3.8) is 0 Å². The van der Waals surface area contributed by atoms with E-state index in [-0.39, 0.29) is 5.91 Å². The summed E-state index contributed by atoms with van der Waals surface area (Å²) in [7, 11) is 0. The van der Waals surface area contributed by atoms with Crippen molar-refractivity contribution in [2.45, 2.75) is 31.7 Å². The fraction of sp³-hybridized carbons (Fsp3) is 0.333. The lowest BCUT2D eigenvalue weighted by atomic mass is 9.92. The highest BCUT2D eigenvalue weighted by atomic mass is 16.4. The number of nitrogens with zero attached hydrogens (tertiary/aromatic N) is 2. The van der Waals surface area contributed by atoms with Crippen molar-refractivity contribution >= 4 is 5.91 Å². The molecule has 1 unspecified atom stereocenters. The summed E-state index contributed by atoms with van der Waals surface area (Å²) in [6.07, 6.45) is 2.48. The first-order valence-electron chi connectivity index (χ1n) is 10.4. The van der Waals surface area contributed by atoms with Crippen LogP contribution in [0.25, 0.3) is 0 Å². The Hall–Kier alpha value is -2.92. The molecular weight excluding hydrogens is 362 g/mol. The van der Waals surface area contributed by atoms with Gasteiger partial charge in [-0.15, -0.1) is 0 Å². The summed E-state index contributed by atoms with van der Waals surface area (Å²) < 4.78 is 5.99. The zero-order chi connectivity index (χ0) is 19.6. The van der Waals surface area contributed by atoms with Crippen molar-refractivity contribution in [2.75, 3.05) is 19.6 Å². The first-order chi connectivity index (χ1) is 14.3. The number of hydrogen-bond acceptors (Lipinski definition) is 4. The highest BCUT2D eigenvalue weighted by Gasteiger charge is 2.29. The quantitative estimate of drug-likeness (QED) is 0.744. The molecule has 0 aliphatic carbocycles. The Bertz CT molecular complexity index is 1010. The minimum Gasteiger partial charge on any atom is -0.445 e. The SMILES string of the molecule is O=C(c1ccccc1C1CCNC1)N1CCc2oc(Cc3ccccc3)nc2C1. The van der Waals surface area contributed by atoms with Crippen LogP contribution in [0.3, 0.4) is 0 Å². The lowest BCUT2D eigenvalue weighted by Gasteiger charge is -2.27. The van der Waals surface area contributed by atoms with Gasteiger partial charge in [0.15, 0.2) is 5.89 Å². The maximum atomic E-state index is 13.3. The molecule has 2 aromatic carbocycles. The summed E-state index contributed by atoms with van der Waals surface area (Å²) in [6.45, 7) is 3.15. The zero-order valence-electron chi connectivity index (χ0n) is 16.4. The van der Waals surface area contributed by atoms with Crippen LogP contribution in [0.4, 0.5) is 0 Å². The van der Waals surface area contributed by atoms with E-state index in [2.05, 4.69) is 23.5 Å². The monoisotopic (exact) mass is 387 g/mol. The number of carbonyl (C=O) groups is 1. The van der Waals surface area contributed by atoms with Crippen LogP contribution in [0, 0.1) is 0 Å². The summed E-state index contributed by atoms with van der Waals surface area (Å²) in [6, 6.07) is 18.3. The fourth-order valence-electron chi connectivity index (χ4n) is 4.41. The van der Waals surface area contributed by atoms with Crippen LogP contribution >= 0.6 is 0 Å². The molecule has 2 aliphatic heterocycles. The molecule has 5 heteroatoms. The molecule has 0 bridgehead atoms. The van der Waals surface area contributed by atoms with Gasteiger partial charge in [-0.05, 0) is 36.1 Å². The van der Waals surface area contributed by atoms with Crippen molar-refractivity contribution < 1.29 is 9.21 Å². The first-order valence-corrected chi connectivity index (χ1v) is 10.4. The van der Waals surface area contributed by atoms with E-state index in [4.69, 9.17) is 9.40 Å². The average molecular weight is 387 g/mol. The Morgan fingerprint density at radius 2 is 1.97 bits per heavy atom. The largest absolute Gasteiger partial charge is 0.445 e. The summed E-state index contributed by atoms with van der Waals surface area (Å²) in [5.41, 5.74) is 4.07. The maximum Gasteiger partial charge on any atom is 0.254 e. The van der Waals surface area contributed by atoms with Crippen LogP contribution < -0.4 is 5.32 Å². The van der Waals surface area contributed by atoms with Crippen molar-refractivity contribution in [3.05, 3.63) is 88.6 Å². The average Bonchev–Trinajstić information content (AvgIpc) is 3.43. The summed E-state index contributed by atoms with van der Waals surface area (Å²) in [5, 5.41) is 3.40. The van der Waals surface area contributed by atoms with Gasteiger partial charge in [-0.2, -0.15) is 0 Å². The molecule has 0 spiro atoms. The first kappa shape index (κ1) is 18.1.